The highest BCUT2D eigenvalue weighted by atomic mass is 35.5. The molecule has 0 radical (unpaired) electrons. The minimum Gasteiger partial charge on any atom is -0.328 e. The number of nitrogens with zero attached hydrogens (tertiary/aromatic N) is 3. The number of alkyl halides is 3. The van der Waals surface area contributed by atoms with Crippen molar-refractivity contribution >= 4 is 23.3 Å². The van der Waals surface area contributed by atoms with Crippen molar-refractivity contribution in [1.82, 2.24) is 14.8 Å². The second kappa shape index (κ2) is 5.84. The number of carbonyl (C=O) groups is 1. The van der Waals surface area contributed by atoms with Gasteiger partial charge in [0.2, 0.25) is 5.95 Å². The van der Waals surface area contributed by atoms with Crippen LogP contribution in [-0.2, 0) is 11.0 Å². The maximum Gasteiger partial charge on any atom is 0.453 e. The third kappa shape index (κ3) is 2.78. The van der Waals surface area contributed by atoms with E-state index in [0.717, 1.165) is 4.68 Å². The monoisotopic (exact) mass is 382 g/mol. The number of carbonyl (C=O) groups excluding carboxylic acids is 1. The summed E-state index contributed by atoms with van der Waals surface area (Å²) in [5.74, 6) is -1.24. The summed E-state index contributed by atoms with van der Waals surface area (Å²) in [4.78, 5) is 16.3. The van der Waals surface area contributed by atoms with Gasteiger partial charge in [0.1, 0.15) is 6.04 Å². The highest BCUT2D eigenvalue weighted by Crippen LogP contribution is 2.42. The van der Waals surface area contributed by atoms with Crippen LogP contribution in [0.3, 0.4) is 0 Å². The van der Waals surface area contributed by atoms with Gasteiger partial charge in [-0.15, -0.1) is 5.10 Å². The van der Waals surface area contributed by atoms with Crippen LogP contribution in [0.15, 0.2) is 35.5 Å². The quantitative estimate of drug-likeness (QED) is 0.802. The molecular weight excluding hydrogens is 369 g/mol. The predicted molar refractivity (Wildman–Crippen MR) is 88.7 cm³/mol. The van der Waals surface area contributed by atoms with Gasteiger partial charge in [-0.05, 0) is 30.0 Å². The van der Waals surface area contributed by atoms with Crippen molar-refractivity contribution in [2.75, 3.05) is 5.32 Å². The lowest BCUT2D eigenvalue weighted by molar-refractivity contribution is -0.145. The summed E-state index contributed by atoms with van der Waals surface area (Å²) < 4.78 is 40.4. The van der Waals surface area contributed by atoms with Crippen molar-refractivity contribution in [3.8, 4) is 0 Å². The van der Waals surface area contributed by atoms with Crippen LogP contribution in [0.1, 0.15) is 37.2 Å². The molecule has 26 heavy (non-hydrogen) atoms. The van der Waals surface area contributed by atoms with E-state index in [1.54, 1.807) is 24.3 Å². The molecule has 0 amide bonds. The van der Waals surface area contributed by atoms with Gasteiger partial charge in [-0.25, -0.2) is 4.68 Å². The molecule has 5 nitrogen and oxygen atoms in total. The first-order valence-electron chi connectivity index (χ1n) is 8.06. The molecule has 2 atom stereocenters. The number of fused-ring (bicyclic) bond motifs is 1. The molecule has 1 aromatic carbocycles. The van der Waals surface area contributed by atoms with Crippen LogP contribution in [0.25, 0.3) is 0 Å². The van der Waals surface area contributed by atoms with Crippen LogP contribution in [0, 0.1) is 5.92 Å². The fourth-order valence-electron chi connectivity index (χ4n) is 3.48. The zero-order chi connectivity index (χ0) is 18.6. The molecule has 0 bridgehead atoms. The fraction of sp³-hybridized carbons (Fsp3) is 0.353. The van der Waals surface area contributed by atoms with Gasteiger partial charge in [-0.3, -0.25) is 4.79 Å². The lowest BCUT2D eigenvalue weighted by Gasteiger charge is -2.34. The summed E-state index contributed by atoms with van der Waals surface area (Å²) in [6.45, 7) is 1.93. The summed E-state index contributed by atoms with van der Waals surface area (Å²) in [5.41, 5.74) is 1.69. The number of halogens is 4. The first-order chi connectivity index (χ1) is 12.2. The van der Waals surface area contributed by atoms with E-state index in [0.29, 0.717) is 34.7 Å². The van der Waals surface area contributed by atoms with E-state index in [1.165, 1.54) is 0 Å². The number of Topliss-reactive ketones (excluding diaryl/α,β-unsaturated/α-hetero) is 1. The average Bonchev–Trinajstić information content (AvgIpc) is 2.97. The minimum absolute atomic E-state index is 0.0158. The molecule has 0 unspecified atom stereocenters. The summed E-state index contributed by atoms with van der Waals surface area (Å²) in [6, 6.07) is 5.88. The number of ketones is 1. The number of rotatable bonds is 1. The molecule has 2 heterocycles. The Hall–Kier alpha value is -2.35. The number of nitrogens with one attached hydrogen (secondary N) is 1. The van der Waals surface area contributed by atoms with Gasteiger partial charge >= 0.3 is 6.18 Å². The van der Waals surface area contributed by atoms with Gasteiger partial charge < -0.3 is 5.32 Å². The number of aromatic nitrogens is 3. The van der Waals surface area contributed by atoms with E-state index in [9.17, 15) is 18.0 Å². The van der Waals surface area contributed by atoms with Gasteiger partial charge in [0.05, 0.1) is 0 Å². The smallest absolute Gasteiger partial charge is 0.328 e. The van der Waals surface area contributed by atoms with Gasteiger partial charge in [0.25, 0.3) is 5.82 Å². The number of hydrogen-bond donors (Lipinski definition) is 1. The molecule has 1 aliphatic carbocycles. The molecule has 9 heteroatoms. The standard InChI is InChI=1S/C17H14ClF3N4O/c1-8-6-11-13(12(26)7-8)14(9-2-4-10(18)5-3-9)25-16(22-11)23-15(24-25)17(19,20)21/h2-5,8,14H,6-7H2,1H3,(H,22,23,24)/t8-,14+/m1/s1. The second-order valence-electron chi connectivity index (χ2n) is 6.61. The molecule has 2 aromatic rings. The molecular formula is C17H14ClF3N4O. The van der Waals surface area contributed by atoms with Gasteiger partial charge in [0.15, 0.2) is 5.78 Å². The maximum absolute atomic E-state index is 13.1. The highest BCUT2D eigenvalue weighted by Gasteiger charge is 2.42. The summed E-state index contributed by atoms with van der Waals surface area (Å²) in [6.07, 6.45) is -3.76. The van der Waals surface area contributed by atoms with Crippen LogP contribution in [-0.4, -0.2) is 20.5 Å². The van der Waals surface area contributed by atoms with Crippen LogP contribution in [0.2, 0.25) is 5.02 Å². The molecule has 0 fully saturated rings. The van der Waals surface area contributed by atoms with Gasteiger partial charge in [-0.1, -0.05) is 30.7 Å². The van der Waals surface area contributed by atoms with Crippen LogP contribution >= 0.6 is 11.6 Å². The van der Waals surface area contributed by atoms with Crippen molar-refractivity contribution < 1.29 is 18.0 Å². The largest absolute Gasteiger partial charge is 0.453 e. The lowest BCUT2D eigenvalue weighted by atomic mass is 9.81. The molecule has 1 aromatic heterocycles. The number of benzene rings is 1. The Balaban J connectivity index is 1.90. The fourth-order valence-corrected chi connectivity index (χ4v) is 3.61. The molecule has 2 aliphatic rings. The van der Waals surface area contributed by atoms with Crippen LogP contribution in [0.5, 0.6) is 0 Å². The van der Waals surface area contributed by atoms with E-state index in [1.807, 2.05) is 6.92 Å². The molecule has 136 valence electrons. The molecule has 1 N–H and O–H groups in total. The van der Waals surface area contributed by atoms with Crippen LogP contribution in [0.4, 0.5) is 19.1 Å². The van der Waals surface area contributed by atoms with Crippen molar-refractivity contribution in [3.63, 3.8) is 0 Å². The van der Waals surface area contributed by atoms with Crippen LogP contribution < -0.4 is 5.32 Å². The van der Waals surface area contributed by atoms with Gasteiger partial charge in [0, 0.05) is 22.7 Å². The normalized spacial score (nSPS) is 22.7. The molecule has 0 saturated heterocycles. The maximum atomic E-state index is 13.1. The summed E-state index contributed by atoms with van der Waals surface area (Å²) in [5, 5.41) is 7.03. The molecule has 1 aliphatic heterocycles. The Morgan fingerprint density at radius 2 is 1.92 bits per heavy atom. The third-order valence-electron chi connectivity index (χ3n) is 4.56. The SMILES string of the molecule is C[C@H]1CC(=O)C2=C(C1)Nc1nc(C(F)(F)F)nn1[C@H]2c1ccc(Cl)cc1. The van der Waals surface area contributed by atoms with E-state index in [4.69, 9.17) is 11.6 Å². The Morgan fingerprint density at radius 3 is 2.58 bits per heavy atom. The third-order valence-corrected chi connectivity index (χ3v) is 4.82. The first-order valence-corrected chi connectivity index (χ1v) is 8.44. The molecule has 0 saturated carbocycles. The molecule has 0 spiro atoms. The Morgan fingerprint density at radius 1 is 1.23 bits per heavy atom. The van der Waals surface area contributed by atoms with E-state index in [-0.39, 0.29) is 17.6 Å². The minimum atomic E-state index is -4.67. The number of hydrogen-bond acceptors (Lipinski definition) is 4. The highest BCUT2D eigenvalue weighted by molar-refractivity contribution is 6.30. The van der Waals surface area contributed by atoms with E-state index in [2.05, 4.69) is 15.4 Å². The topological polar surface area (TPSA) is 59.8 Å². The van der Waals surface area contributed by atoms with Crippen molar-refractivity contribution in [2.24, 2.45) is 5.92 Å². The van der Waals surface area contributed by atoms with E-state index >= 15 is 0 Å². The summed E-state index contributed by atoms with van der Waals surface area (Å²) >= 11 is 5.93. The first kappa shape index (κ1) is 17.1. The number of anilines is 1. The van der Waals surface area contributed by atoms with Gasteiger partial charge in [-0.2, -0.15) is 18.2 Å². The lowest BCUT2D eigenvalue weighted by Crippen LogP contribution is -2.33. The van der Waals surface area contributed by atoms with Crippen molar-refractivity contribution in [3.05, 3.63) is 51.9 Å². The number of allylic oxidation sites excluding steroid dienone is 2. The predicted octanol–water partition coefficient (Wildman–Crippen LogP) is 4.22. The zero-order valence-electron chi connectivity index (χ0n) is 13.6. The average molecular weight is 383 g/mol. The Bertz CT molecular complexity index is 917. The summed E-state index contributed by atoms with van der Waals surface area (Å²) in [7, 11) is 0. The van der Waals surface area contributed by atoms with E-state index < -0.39 is 18.0 Å². The Labute approximate surface area is 151 Å². The second-order valence-corrected chi connectivity index (χ2v) is 7.05. The van der Waals surface area contributed by atoms with Crippen molar-refractivity contribution in [1.29, 1.82) is 0 Å². The Kier molecular flexibility index (Phi) is 3.83. The zero-order valence-corrected chi connectivity index (χ0v) is 14.4. The molecule has 4 rings (SSSR count). The van der Waals surface area contributed by atoms with Crippen molar-refractivity contribution in [2.45, 2.75) is 32.0 Å².